The van der Waals surface area contributed by atoms with E-state index in [2.05, 4.69) is 60.3 Å². The zero-order valence-corrected chi connectivity index (χ0v) is 32.6. The van der Waals surface area contributed by atoms with Crippen molar-refractivity contribution in [2.75, 3.05) is 20.3 Å². The Morgan fingerprint density at radius 1 is 1.19 bits per heavy atom. The highest BCUT2D eigenvalue weighted by atomic mass is 32.1. The van der Waals surface area contributed by atoms with Crippen molar-refractivity contribution in [2.24, 2.45) is 5.41 Å². The highest BCUT2D eigenvalue weighted by Crippen LogP contribution is 2.44. The summed E-state index contributed by atoms with van der Waals surface area (Å²) in [5.74, 6) is -0.954. The number of thiazole rings is 1. The normalized spacial score (nSPS) is 26.1. The topological polar surface area (TPSA) is 137 Å². The van der Waals surface area contributed by atoms with Crippen LogP contribution in [0.15, 0.2) is 41.9 Å². The Bertz CT molecular complexity index is 2080. The molecule has 2 N–H and O–H groups in total. The predicted molar refractivity (Wildman–Crippen MR) is 205 cm³/mol. The fourth-order valence-electron chi connectivity index (χ4n) is 8.75. The molecule has 286 valence electrons. The Labute approximate surface area is 319 Å². The molecular formula is C41H50N6O6S. The lowest BCUT2D eigenvalue weighted by Crippen LogP contribution is -2.61. The minimum absolute atomic E-state index is 0.0993. The minimum atomic E-state index is -0.896. The largest absolute Gasteiger partial charge is 0.464 e. The number of cyclic esters (lactones) is 1. The van der Waals surface area contributed by atoms with E-state index in [4.69, 9.17) is 24.2 Å². The monoisotopic (exact) mass is 754 g/mol. The van der Waals surface area contributed by atoms with Crippen LogP contribution in [0.25, 0.3) is 33.4 Å². The molecule has 4 aliphatic heterocycles. The number of methoxy groups -OCH3 is 1. The summed E-state index contributed by atoms with van der Waals surface area (Å²) in [6.45, 7) is 9.72. The second kappa shape index (κ2) is 14.5. The van der Waals surface area contributed by atoms with Crippen LogP contribution in [-0.2, 0) is 48.0 Å². The first-order valence-electron chi connectivity index (χ1n) is 19.3. The number of carbonyl (C=O) groups is 3. The number of nitrogens with one attached hydrogen (secondary N) is 2. The molecule has 3 atom stereocenters. The molecule has 0 radical (unpaired) electrons. The smallest absolute Gasteiger partial charge is 0.324 e. The lowest BCUT2D eigenvalue weighted by molar-refractivity contribution is -0.156. The molecule has 54 heavy (non-hydrogen) atoms. The van der Waals surface area contributed by atoms with E-state index in [0.717, 1.165) is 69.1 Å². The third-order valence-corrected chi connectivity index (χ3v) is 12.6. The van der Waals surface area contributed by atoms with Crippen LogP contribution < -0.4 is 10.7 Å². The zero-order chi connectivity index (χ0) is 37.8. The predicted octanol–water partition coefficient (Wildman–Crippen LogP) is 5.91. The van der Waals surface area contributed by atoms with Gasteiger partial charge in [0.2, 0.25) is 0 Å². The number of nitrogens with zero attached hydrogens (tertiary/aromatic N) is 4. The summed E-state index contributed by atoms with van der Waals surface area (Å²) in [5, 5.41) is 8.41. The van der Waals surface area contributed by atoms with E-state index in [9.17, 15) is 14.4 Å². The number of aryl methyl sites for hydroxylation is 1. The van der Waals surface area contributed by atoms with Gasteiger partial charge in [0.05, 0.1) is 40.9 Å². The van der Waals surface area contributed by atoms with Crippen LogP contribution in [0, 0.1) is 5.41 Å². The molecule has 0 saturated carbocycles. The first-order chi connectivity index (χ1) is 26.0. The second-order valence-corrected chi connectivity index (χ2v) is 17.0. The molecule has 1 aromatic carbocycles. The van der Waals surface area contributed by atoms with Gasteiger partial charge in [-0.1, -0.05) is 19.9 Å². The Balaban J connectivity index is 1.23. The van der Waals surface area contributed by atoms with E-state index in [0.29, 0.717) is 38.6 Å². The van der Waals surface area contributed by atoms with Crippen LogP contribution in [0.2, 0.25) is 0 Å². The zero-order valence-electron chi connectivity index (χ0n) is 31.8. The summed E-state index contributed by atoms with van der Waals surface area (Å²) in [7, 11) is 1.70. The van der Waals surface area contributed by atoms with E-state index in [1.54, 1.807) is 13.3 Å². The van der Waals surface area contributed by atoms with Crippen molar-refractivity contribution in [1.29, 1.82) is 0 Å². The Morgan fingerprint density at radius 3 is 2.74 bits per heavy atom. The molecule has 0 unspecified atom stereocenters. The number of pyridine rings is 1. The number of hydrogen-bond donors (Lipinski definition) is 2. The summed E-state index contributed by atoms with van der Waals surface area (Å²) >= 11 is 1.48. The van der Waals surface area contributed by atoms with Crippen molar-refractivity contribution >= 4 is 40.0 Å². The van der Waals surface area contributed by atoms with Gasteiger partial charge in [0, 0.05) is 65.6 Å². The van der Waals surface area contributed by atoms with Gasteiger partial charge in [0.15, 0.2) is 0 Å². The summed E-state index contributed by atoms with van der Waals surface area (Å²) in [4.78, 5) is 51.6. The number of fused-ring (bicyclic) bond motifs is 8. The number of esters is 1. The first kappa shape index (κ1) is 36.8. The third-order valence-electron chi connectivity index (χ3n) is 11.7. The van der Waals surface area contributed by atoms with Gasteiger partial charge in [-0.15, -0.1) is 11.3 Å². The van der Waals surface area contributed by atoms with Crippen LogP contribution >= 0.6 is 11.3 Å². The number of benzene rings is 1. The molecule has 2 amide bonds. The molecule has 13 heteroatoms. The molecule has 0 spiro atoms. The lowest BCUT2D eigenvalue weighted by Gasteiger charge is -2.36. The van der Waals surface area contributed by atoms with Gasteiger partial charge in [-0.25, -0.2) is 10.4 Å². The fourth-order valence-corrected chi connectivity index (χ4v) is 9.60. The van der Waals surface area contributed by atoms with Crippen LogP contribution in [-0.4, -0.2) is 81.4 Å². The number of hydrogen-bond acceptors (Lipinski definition) is 10. The van der Waals surface area contributed by atoms with Gasteiger partial charge >= 0.3 is 5.97 Å². The van der Waals surface area contributed by atoms with Gasteiger partial charge in [-0.05, 0) is 88.6 Å². The summed E-state index contributed by atoms with van der Waals surface area (Å²) in [6, 6.07) is 8.95. The maximum Gasteiger partial charge on any atom is 0.324 e. The number of aromatic nitrogens is 3. The SMILES string of the molecule is CCn1c(-c2cccnc2[C@H](C)OC)c2c3cc(ccc31)-c1csc(n1)C[C@H](NC(=O)C13CCC(CC1)O3)C(=O)N1CCC[C@H](N1)C(=O)OCC(C)(C)C2. The van der Waals surface area contributed by atoms with Crippen LogP contribution in [0.4, 0.5) is 0 Å². The van der Waals surface area contributed by atoms with Crippen molar-refractivity contribution in [3.05, 3.63) is 58.2 Å². The highest BCUT2D eigenvalue weighted by molar-refractivity contribution is 7.10. The number of ether oxygens (including phenoxy) is 3. The molecule has 7 heterocycles. The minimum Gasteiger partial charge on any atom is -0.464 e. The van der Waals surface area contributed by atoms with E-state index in [-0.39, 0.29) is 37.0 Å². The van der Waals surface area contributed by atoms with E-state index < -0.39 is 29.1 Å². The van der Waals surface area contributed by atoms with Crippen LogP contribution in [0.3, 0.4) is 0 Å². The van der Waals surface area contributed by atoms with Crippen LogP contribution in [0.1, 0.15) is 88.6 Å². The van der Waals surface area contributed by atoms with Crippen molar-refractivity contribution in [3.8, 4) is 22.5 Å². The Morgan fingerprint density at radius 2 is 2.00 bits per heavy atom. The van der Waals surface area contributed by atoms with Gasteiger partial charge in [-0.2, -0.15) is 0 Å². The summed E-state index contributed by atoms with van der Waals surface area (Å²) in [6.07, 6.45) is 6.66. The molecular weight excluding hydrogens is 705 g/mol. The maximum absolute atomic E-state index is 14.3. The molecule has 8 rings (SSSR count). The second-order valence-electron chi connectivity index (χ2n) is 16.0. The first-order valence-corrected chi connectivity index (χ1v) is 20.2. The quantitative estimate of drug-likeness (QED) is 0.230. The lowest BCUT2D eigenvalue weighted by atomic mass is 9.84. The van der Waals surface area contributed by atoms with Gasteiger partial charge in [0.1, 0.15) is 17.7 Å². The molecule has 8 bridgehead atoms. The molecule has 3 aromatic heterocycles. The average Bonchev–Trinajstić information content (AvgIpc) is 3.99. The molecule has 3 fully saturated rings. The highest BCUT2D eigenvalue weighted by Gasteiger charge is 2.52. The Kier molecular flexibility index (Phi) is 9.87. The van der Waals surface area contributed by atoms with Crippen LogP contribution in [0.5, 0.6) is 0 Å². The van der Waals surface area contributed by atoms with Crippen molar-refractivity contribution in [3.63, 3.8) is 0 Å². The molecule has 12 nitrogen and oxygen atoms in total. The molecule has 4 aliphatic rings. The fraction of sp³-hybridized carbons (Fsp3) is 0.537. The summed E-state index contributed by atoms with van der Waals surface area (Å²) < 4.78 is 20.3. The maximum atomic E-state index is 14.3. The molecule has 4 aromatic rings. The Hall–Kier alpha value is -4.17. The van der Waals surface area contributed by atoms with E-state index in [1.807, 2.05) is 18.4 Å². The van der Waals surface area contributed by atoms with Gasteiger partial charge in [0.25, 0.3) is 11.8 Å². The van der Waals surface area contributed by atoms with Gasteiger partial charge in [-0.3, -0.25) is 24.4 Å². The van der Waals surface area contributed by atoms with Crippen molar-refractivity contribution in [1.82, 2.24) is 30.3 Å². The third kappa shape index (κ3) is 6.73. The van der Waals surface area contributed by atoms with Crippen molar-refractivity contribution < 1.29 is 28.6 Å². The summed E-state index contributed by atoms with van der Waals surface area (Å²) in [5.41, 5.74) is 8.75. The van der Waals surface area contributed by atoms with E-state index >= 15 is 0 Å². The van der Waals surface area contributed by atoms with Crippen molar-refractivity contribution in [2.45, 2.75) is 115 Å². The standard InChI is InChI=1S/C41H50N6O6S/c1-6-46-33-12-11-25-19-28(33)29(36(46)27-9-7-17-42-35(27)24(2)51-5)21-40(3,4)23-52-38(49)30-10-8-18-47(45-30)37(48)31(20-34-43-32(25)22-54-34)44-39(50)41-15-13-26(53-41)14-16-41/h7,9,11-12,17,19,22,24,26,30-31,45H,6,8,10,13-16,18,20-21,23H2,1-5H3,(H,44,50)/t24-,26?,30-,31-,41?/m0/s1. The average molecular weight is 755 g/mol. The number of hydrazine groups is 1. The number of carbonyl (C=O) groups excluding carboxylic acids is 3. The van der Waals surface area contributed by atoms with E-state index in [1.165, 1.54) is 16.3 Å². The molecule has 0 aliphatic carbocycles. The number of amides is 2. The molecule has 3 saturated heterocycles. The number of rotatable bonds is 6. The van der Waals surface area contributed by atoms with Gasteiger partial charge < -0.3 is 24.1 Å².